The highest BCUT2D eigenvalue weighted by atomic mass is 16.5. The molecule has 4 rings (SSSR count). The Bertz CT molecular complexity index is 1010. The number of nitrogens with one attached hydrogen (secondary N) is 1. The van der Waals surface area contributed by atoms with E-state index in [4.69, 9.17) is 13.9 Å². The fourth-order valence-corrected chi connectivity index (χ4v) is 4.10. The molecular formula is C26H31N3O4. The second-order valence-corrected chi connectivity index (χ2v) is 8.11. The highest BCUT2D eigenvalue weighted by Crippen LogP contribution is 2.25. The Morgan fingerprint density at radius 2 is 1.79 bits per heavy atom. The minimum Gasteiger partial charge on any atom is -0.497 e. The number of hydrogen-bond donors (Lipinski definition) is 1. The number of furan rings is 1. The van der Waals surface area contributed by atoms with Gasteiger partial charge in [0.1, 0.15) is 17.3 Å². The zero-order chi connectivity index (χ0) is 23.0. The van der Waals surface area contributed by atoms with Crippen molar-refractivity contribution in [2.45, 2.75) is 13.0 Å². The van der Waals surface area contributed by atoms with Crippen LogP contribution in [0.4, 0.5) is 5.69 Å². The number of rotatable bonds is 9. The molecule has 174 valence electrons. The van der Waals surface area contributed by atoms with Crippen molar-refractivity contribution in [2.75, 3.05) is 51.3 Å². The van der Waals surface area contributed by atoms with Gasteiger partial charge in [-0.1, -0.05) is 18.2 Å². The maximum atomic E-state index is 12.5. The van der Waals surface area contributed by atoms with Crippen LogP contribution in [0.25, 0.3) is 0 Å². The molecule has 1 unspecified atom stereocenters. The molecule has 1 saturated heterocycles. The van der Waals surface area contributed by atoms with E-state index in [9.17, 15) is 4.79 Å². The highest BCUT2D eigenvalue weighted by Gasteiger charge is 2.27. The van der Waals surface area contributed by atoms with Gasteiger partial charge in [-0.25, -0.2) is 0 Å². The Balaban J connectivity index is 1.32. The molecule has 2 aromatic carbocycles. The van der Waals surface area contributed by atoms with Gasteiger partial charge in [0, 0.05) is 38.4 Å². The van der Waals surface area contributed by atoms with E-state index in [1.165, 1.54) is 5.69 Å². The summed E-state index contributed by atoms with van der Waals surface area (Å²) in [5.41, 5.74) is 2.19. The molecule has 1 amide bonds. The van der Waals surface area contributed by atoms with Gasteiger partial charge in [0.15, 0.2) is 6.61 Å². The van der Waals surface area contributed by atoms with Gasteiger partial charge in [0.2, 0.25) is 0 Å². The van der Waals surface area contributed by atoms with Crippen LogP contribution < -0.4 is 19.7 Å². The monoisotopic (exact) mass is 449 g/mol. The third-order valence-electron chi connectivity index (χ3n) is 6.01. The summed E-state index contributed by atoms with van der Waals surface area (Å²) in [6.07, 6.45) is 1.68. The smallest absolute Gasteiger partial charge is 0.258 e. The number of hydrogen-bond acceptors (Lipinski definition) is 6. The first-order chi connectivity index (χ1) is 16.1. The summed E-state index contributed by atoms with van der Waals surface area (Å²) in [7, 11) is 1.68. The number of ether oxygens (including phenoxy) is 2. The first-order valence-corrected chi connectivity index (χ1v) is 11.3. The topological polar surface area (TPSA) is 67.2 Å². The zero-order valence-corrected chi connectivity index (χ0v) is 19.2. The lowest BCUT2D eigenvalue weighted by atomic mass is 10.1. The molecule has 7 nitrogen and oxygen atoms in total. The number of methoxy groups -OCH3 is 1. The summed E-state index contributed by atoms with van der Waals surface area (Å²) in [5.74, 6) is 2.29. The lowest BCUT2D eigenvalue weighted by Gasteiger charge is -2.39. The molecule has 0 aliphatic carbocycles. The summed E-state index contributed by atoms with van der Waals surface area (Å²) in [5, 5.41) is 3.02. The number of amides is 1. The molecule has 2 heterocycles. The van der Waals surface area contributed by atoms with E-state index in [2.05, 4.69) is 27.2 Å². The van der Waals surface area contributed by atoms with Crippen molar-refractivity contribution in [3.8, 4) is 11.5 Å². The van der Waals surface area contributed by atoms with Gasteiger partial charge in [0.05, 0.1) is 19.4 Å². The fourth-order valence-electron chi connectivity index (χ4n) is 4.10. The number of aryl methyl sites for hydroxylation is 1. The average Bonchev–Trinajstić information content (AvgIpc) is 3.39. The molecule has 0 radical (unpaired) electrons. The number of para-hydroxylation sites is 1. The number of carbonyl (C=O) groups excluding carboxylic acids is 1. The molecule has 3 aromatic rings. The van der Waals surface area contributed by atoms with Crippen molar-refractivity contribution in [3.05, 3.63) is 78.3 Å². The van der Waals surface area contributed by atoms with Crippen LogP contribution in [-0.2, 0) is 4.79 Å². The average molecular weight is 450 g/mol. The molecule has 7 heteroatoms. The van der Waals surface area contributed by atoms with Gasteiger partial charge in [-0.3, -0.25) is 9.69 Å². The Hall–Kier alpha value is -3.45. The van der Waals surface area contributed by atoms with Gasteiger partial charge < -0.3 is 24.1 Å². The first kappa shape index (κ1) is 22.7. The number of benzene rings is 2. The molecular weight excluding hydrogens is 418 g/mol. The van der Waals surface area contributed by atoms with Crippen LogP contribution in [0.5, 0.6) is 11.5 Å². The van der Waals surface area contributed by atoms with Crippen LogP contribution in [0.3, 0.4) is 0 Å². The number of anilines is 1. The molecule has 0 spiro atoms. The third-order valence-corrected chi connectivity index (χ3v) is 6.01. The minimum absolute atomic E-state index is 0.0129. The normalized spacial score (nSPS) is 15.2. The van der Waals surface area contributed by atoms with Crippen molar-refractivity contribution in [2.24, 2.45) is 0 Å². The van der Waals surface area contributed by atoms with E-state index in [0.717, 1.165) is 49.0 Å². The summed E-state index contributed by atoms with van der Waals surface area (Å²) in [4.78, 5) is 17.2. The van der Waals surface area contributed by atoms with Crippen molar-refractivity contribution in [1.29, 1.82) is 0 Å². The van der Waals surface area contributed by atoms with Crippen LogP contribution in [0.1, 0.15) is 17.4 Å². The van der Waals surface area contributed by atoms with Gasteiger partial charge in [0.25, 0.3) is 5.91 Å². The number of carbonyl (C=O) groups is 1. The summed E-state index contributed by atoms with van der Waals surface area (Å²) in [6, 6.07) is 19.7. The highest BCUT2D eigenvalue weighted by molar-refractivity contribution is 5.77. The van der Waals surface area contributed by atoms with Crippen LogP contribution in [-0.4, -0.2) is 57.2 Å². The first-order valence-electron chi connectivity index (χ1n) is 11.3. The summed E-state index contributed by atoms with van der Waals surface area (Å²) in [6.45, 7) is 5.94. The predicted molar refractivity (Wildman–Crippen MR) is 128 cm³/mol. The molecule has 33 heavy (non-hydrogen) atoms. The van der Waals surface area contributed by atoms with Gasteiger partial charge in [-0.2, -0.15) is 0 Å². The van der Waals surface area contributed by atoms with Gasteiger partial charge in [-0.15, -0.1) is 0 Å². The predicted octanol–water partition coefficient (Wildman–Crippen LogP) is 3.66. The van der Waals surface area contributed by atoms with E-state index in [0.29, 0.717) is 6.54 Å². The molecule has 1 aromatic heterocycles. The van der Waals surface area contributed by atoms with Crippen molar-refractivity contribution in [1.82, 2.24) is 10.2 Å². The maximum Gasteiger partial charge on any atom is 0.258 e. The SMILES string of the molecule is COc1ccc(N2CCN(C(CNC(=O)COc3ccccc3C)c3ccco3)CC2)cc1. The second-order valence-electron chi connectivity index (χ2n) is 8.11. The largest absolute Gasteiger partial charge is 0.497 e. The Kier molecular flexibility index (Phi) is 7.52. The van der Waals surface area contributed by atoms with E-state index in [1.807, 2.05) is 55.5 Å². The van der Waals surface area contributed by atoms with Crippen molar-refractivity contribution < 1.29 is 18.7 Å². The van der Waals surface area contributed by atoms with Gasteiger partial charge in [-0.05, 0) is 55.0 Å². The van der Waals surface area contributed by atoms with Crippen molar-refractivity contribution >= 4 is 11.6 Å². The van der Waals surface area contributed by atoms with E-state index < -0.39 is 0 Å². The number of piperazine rings is 1. The van der Waals surface area contributed by atoms with E-state index >= 15 is 0 Å². The second kappa shape index (κ2) is 10.9. The fraction of sp³-hybridized carbons (Fsp3) is 0.346. The minimum atomic E-state index is -0.147. The molecule has 0 bridgehead atoms. The van der Waals surface area contributed by atoms with Gasteiger partial charge >= 0.3 is 0 Å². The lowest BCUT2D eigenvalue weighted by molar-refractivity contribution is -0.123. The Morgan fingerprint density at radius 3 is 2.45 bits per heavy atom. The number of nitrogens with zero attached hydrogens (tertiary/aromatic N) is 2. The van der Waals surface area contributed by atoms with Crippen LogP contribution in [0, 0.1) is 6.92 Å². The lowest BCUT2D eigenvalue weighted by Crippen LogP contribution is -2.50. The summed E-state index contributed by atoms with van der Waals surface area (Å²) >= 11 is 0. The third kappa shape index (κ3) is 5.87. The van der Waals surface area contributed by atoms with E-state index in [1.54, 1.807) is 13.4 Å². The molecule has 1 aliphatic rings. The Morgan fingerprint density at radius 1 is 1.03 bits per heavy atom. The molecule has 0 saturated carbocycles. The maximum absolute atomic E-state index is 12.5. The zero-order valence-electron chi connectivity index (χ0n) is 19.2. The van der Waals surface area contributed by atoms with Crippen LogP contribution in [0.15, 0.2) is 71.3 Å². The molecule has 1 atom stereocenters. The standard InChI is InChI=1S/C26H31N3O4/c1-20-6-3-4-7-24(20)33-19-26(30)27-18-23(25-8-5-17-32-25)29-15-13-28(14-16-29)21-9-11-22(31-2)12-10-21/h3-12,17,23H,13-16,18-19H2,1-2H3,(H,27,30). The van der Waals surface area contributed by atoms with Crippen LogP contribution in [0.2, 0.25) is 0 Å². The molecule has 1 fully saturated rings. The van der Waals surface area contributed by atoms with Crippen LogP contribution >= 0.6 is 0 Å². The molecule has 1 aliphatic heterocycles. The van der Waals surface area contributed by atoms with Crippen molar-refractivity contribution in [3.63, 3.8) is 0 Å². The summed E-state index contributed by atoms with van der Waals surface area (Å²) < 4.78 is 16.7. The molecule has 1 N–H and O–H groups in total. The Labute approximate surface area is 194 Å². The van der Waals surface area contributed by atoms with E-state index in [-0.39, 0.29) is 18.6 Å². The quantitative estimate of drug-likeness (QED) is 0.538.